The normalized spacial score (nSPS) is 7.77. The van der Waals surface area contributed by atoms with Crippen LogP contribution < -0.4 is 11.1 Å². The highest BCUT2D eigenvalue weighted by Gasteiger charge is 1.95. The van der Waals surface area contributed by atoms with E-state index in [1.807, 2.05) is 0 Å². The molecule has 0 saturated carbocycles. The molecule has 3 N–H and O–H groups in total. The number of halogens is 2. The summed E-state index contributed by atoms with van der Waals surface area (Å²) in [7, 11) is 0. The molecule has 0 aliphatic rings. The largest absolute Gasteiger partial charge is 0.399 e. The van der Waals surface area contributed by atoms with Crippen molar-refractivity contribution in [1.29, 1.82) is 0 Å². The third kappa shape index (κ3) is 5.27. The molecule has 0 radical (unpaired) electrons. The van der Waals surface area contributed by atoms with Gasteiger partial charge >= 0.3 is 0 Å². The second kappa shape index (κ2) is 6.51. The summed E-state index contributed by atoms with van der Waals surface area (Å²) in [5.74, 6) is 0.334. The maximum atomic E-state index is 10.5. The first kappa shape index (κ1) is 14.5. The summed E-state index contributed by atoms with van der Waals surface area (Å²) >= 11 is 0. The Morgan fingerprint density at radius 2 is 2.15 bits per heavy atom. The molecule has 1 aromatic rings. The van der Waals surface area contributed by atoms with E-state index in [0.717, 1.165) is 0 Å². The maximum Gasteiger partial charge on any atom is 0.222 e. The molecule has 74 valence electrons. The monoisotopic (exact) mass is 223 g/mol. The smallest absolute Gasteiger partial charge is 0.222 e. The van der Waals surface area contributed by atoms with Crippen LogP contribution in [0, 0.1) is 0 Å². The van der Waals surface area contributed by atoms with Gasteiger partial charge in [0.25, 0.3) is 0 Å². The van der Waals surface area contributed by atoms with Crippen LogP contribution in [0.2, 0.25) is 0 Å². The van der Waals surface area contributed by atoms with E-state index in [1.54, 1.807) is 18.3 Å². The van der Waals surface area contributed by atoms with Crippen LogP contribution in [-0.4, -0.2) is 10.9 Å². The van der Waals surface area contributed by atoms with Crippen LogP contribution >= 0.6 is 24.8 Å². The van der Waals surface area contributed by atoms with Crippen molar-refractivity contribution in [2.24, 2.45) is 0 Å². The molecule has 1 aromatic heterocycles. The first-order chi connectivity index (χ1) is 5.18. The van der Waals surface area contributed by atoms with Crippen molar-refractivity contribution in [3.05, 3.63) is 18.3 Å². The predicted octanol–water partition coefficient (Wildman–Crippen LogP) is 1.47. The number of nitrogens with two attached hydrogens (primary N) is 1. The van der Waals surface area contributed by atoms with Crippen molar-refractivity contribution in [2.45, 2.75) is 6.92 Å². The summed E-state index contributed by atoms with van der Waals surface area (Å²) in [5, 5.41) is 2.52. The first-order valence-corrected chi connectivity index (χ1v) is 3.17. The van der Waals surface area contributed by atoms with Gasteiger partial charge in [0.1, 0.15) is 5.82 Å². The van der Waals surface area contributed by atoms with Crippen molar-refractivity contribution < 1.29 is 4.79 Å². The number of pyridine rings is 1. The lowest BCUT2D eigenvalue weighted by Gasteiger charge is -1.99. The van der Waals surface area contributed by atoms with E-state index >= 15 is 0 Å². The van der Waals surface area contributed by atoms with E-state index in [1.165, 1.54) is 6.92 Å². The molecule has 1 amide bonds. The Balaban J connectivity index is 0. The Morgan fingerprint density at radius 1 is 1.54 bits per heavy atom. The van der Waals surface area contributed by atoms with Crippen LogP contribution in [0.4, 0.5) is 11.5 Å². The second-order valence-corrected chi connectivity index (χ2v) is 2.16. The topological polar surface area (TPSA) is 68.0 Å². The lowest BCUT2D eigenvalue weighted by molar-refractivity contribution is -0.114. The van der Waals surface area contributed by atoms with Gasteiger partial charge in [0.05, 0.1) is 0 Å². The molecule has 13 heavy (non-hydrogen) atoms. The lowest BCUT2D eigenvalue weighted by Crippen LogP contribution is -2.07. The number of nitrogen functional groups attached to an aromatic ring is 1. The Bertz CT molecular complexity index is 280. The molecule has 0 fully saturated rings. The number of hydrogen-bond acceptors (Lipinski definition) is 3. The number of carbonyl (C=O) groups is 1. The van der Waals surface area contributed by atoms with Crippen LogP contribution in [0.5, 0.6) is 0 Å². The fraction of sp³-hybridized carbons (Fsp3) is 0.143. The summed E-state index contributed by atoms with van der Waals surface area (Å²) in [4.78, 5) is 14.4. The van der Waals surface area contributed by atoms with E-state index in [4.69, 9.17) is 5.73 Å². The van der Waals surface area contributed by atoms with Crippen LogP contribution in [0.1, 0.15) is 6.92 Å². The second-order valence-electron chi connectivity index (χ2n) is 2.16. The quantitative estimate of drug-likeness (QED) is 0.758. The highest BCUT2D eigenvalue weighted by atomic mass is 35.5. The minimum atomic E-state index is -0.150. The van der Waals surface area contributed by atoms with Gasteiger partial charge in [-0.2, -0.15) is 0 Å². The molecule has 0 aliphatic carbocycles. The summed E-state index contributed by atoms with van der Waals surface area (Å²) in [6.07, 6.45) is 1.54. The average Bonchev–Trinajstić information content (AvgIpc) is 1.85. The van der Waals surface area contributed by atoms with E-state index in [9.17, 15) is 4.79 Å². The Morgan fingerprint density at radius 3 is 2.62 bits per heavy atom. The molecule has 0 spiro atoms. The molecular formula is C7H11Cl2N3O. The molecule has 1 heterocycles. The van der Waals surface area contributed by atoms with E-state index in [0.29, 0.717) is 11.5 Å². The minimum absolute atomic E-state index is 0. The third-order valence-electron chi connectivity index (χ3n) is 1.09. The van der Waals surface area contributed by atoms with E-state index in [-0.39, 0.29) is 30.7 Å². The van der Waals surface area contributed by atoms with Gasteiger partial charge in [-0.15, -0.1) is 24.8 Å². The molecule has 1 rings (SSSR count). The number of nitrogens with zero attached hydrogens (tertiary/aromatic N) is 1. The highest BCUT2D eigenvalue weighted by molar-refractivity contribution is 5.87. The number of hydrogen-bond donors (Lipinski definition) is 2. The van der Waals surface area contributed by atoms with Gasteiger partial charge in [0, 0.05) is 24.9 Å². The van der Waals surface area contributed by atoms with Gasteiger partial charge in [0.2, 0.25) is 5.91 Å². The van der Waals surface area contributed by atoms with Gasteiger partial charge in [0.15, 0.2) is 0 Å². The van der Waals surface area contributed by atoms with Crippen molar-refractivity contribution in [3.63, 3.8) is 0 Å². The van der Waals surface area contributed by atoms with Crippen LogP contribution in [0.25, 0.3) is 0 Å². The molecule has 0 unspecified atom stereocenters. The molecule has 0 atom stereocenters. The molecule has 0 bridgehead atoms. The van der Waals surface area contributed by atoms with Crippen LogP contribution in [0.3, 0.4) is 0 Å². The zero-order chi connectivity index (χ0) is 8.27. The molecule has 4 nitrogen and oxygen atoms in total. The lowest BCUT2D eigenvalue weighted by atomic mass is 10.4. The summed E-state index contributed by atoms with van der Waals surface area (Å²) in [6.45, 7) is 1.42. The van der Waals surface area contributed by atoms with Crippen molar-refractivity contribution in [1.82, 2.24) is 4.98 Å². The van der Waals surface area contributed by atoms with E-state index < -0.39 is 0 Å². The molecular weight excluding hydrogens is 213 g/mol. The van der Waals surface area contributed by atoms with Gasteiger partial charge in [-0.05, 0) is 6.07 Å². The fourth-order valence-corrected chi connectivity index (χ4v) is 0.696. The number of rotatable bonds is 1. The van der Waals surface area contributed by atoms with Crippen LogP contribution in [-0.2, 0) is 4.79 Å². The highest BCUT2D eigenvalue weighted by Crippen LogP contribution is 2.06. The fourth-order valence-electron chi connectivity index (χ4n) is 0.696. The number of amides is 1. The van der Waals surface area contributed by atoms with Gasteiger partial charge in [-0.25, -0.2) is 4.98 Å². The van der Waals surface area contributed by atoms with Crippen molar-refractivity contribution in [3.8, 4) is 0 Å². The average molecular weight is 224 g/mol. The SMILES string of the molecule is CC(=O)Nc1cc(N)ccn1.Cl.Cl. The number of carbonyl (C=O) groups excluding carboxylic acids is 1. The molecule has 0 aromatic carbocycles. The van der Waals surface area contributed by atoms with Crippen molar-refractivity contribution in [2.75, 3.05) is 11.1 Å². The number of anilines is 2. The van der Waals surface area contributed by atoms with E-state index in [2.05, 4.69) is 10.3 Å². The standard InChI is InChI=1S/C7H9N3O.2ClH/c1-5(11)10-7-4-6(8)2-3-9-7;;/h2-4H,1H3,(H3,8,9,10,11);2*1H. The number of aromatic nitrogens is 1. The maximum absolute atomic E-state index is 10.5. The van der Waals surface area contributed by atoms with Crippen molar-refractivity contribution >= 4 is 42.2 Å². The summed E-state index contributed by atoms with van der Waals surface area (Å²) in [6, 6.07) is 3.26. The number of nitrogens with one attached hydrogen (secondary N) is 1. The minimum Gasteiger partial charge on any atom is -0.399 e. The first-order valence-electron chi connectivity index (χ1n) is 3.17. The Kier molecular flexibility index (Phi) is 7.27. The Labute approximate surface area is 88.7 Å². The molecule has 0 saturated heterocycles. The van der Waals surface area contributed by atoms with Gasteiger partial charge in [-0.3, -0.25) is 4.79 Å². The zero-order valence-electron chi connectivity index (χ0n) is 6.98. The Hall–Kier alpha value is -1.000. The third-order valence-corrected chi connectivity index (χ3v) is 1.09. The predicted molar refractivity (Wildman–Crippen MR) is 57.4 cm³/mol. The zero-order valence-corrected chi connectivity index (χ0v) is 8.61. The molecule has 0 aliphatic heterocycles. The summed E-state index contributed by atoms with van der Waals surface area (Å²) in [5.41, 5.74) is 6.03. The van der Waals surface area contributed by atoms with Gasteiger partial charge < -0.3 is 11.1 Å². The molecule has 6 heteroatoms. The summed E-state index contributed by atoms with van der Waals surface area (Å²) < 4.78 is 0. The van der Waals surface area contributed by atoms with Gasteiger partial charge in [-0.1, -0.05) is 0 Å². The van der Waals surface area contributed by atoms with Crippen LogP contribution in [0.15, 0.2) is 18.3 Å².